The molecule has 1 N–H and O–H groups in total. The molecule has 0 aromatic heterocycles. The van der Waals surface area contributed by atoms with Crippen molar-refractivity contribution < 1.29 is 23.5 Å². The van der Waals surface area contributed by atoms with Crippen LogP contribution in [0.5, 0.6) is 0 Å². The highest BCUT2D eigenvalue weighted by Crippen LogP contribution is 2.24. The molecule has 3 rings (SSSR count). The lowest BCUT2D eigenvalue weighted by Crippen LogP contribution is -2.45. The number of amides is 2. The van der Waals surface area contributed by atoms with Crippen LogP contribution in [0.4, 0.5) is 4.39 Å². The van der Waals surface area contributed by atoms with E-state index in [1.165, 1.54) is 19.1 Å². The molecule has 2 aromatic rings. The predicted molar refractivity (Wildman–Crippen MR) is 123 cm³/mol. The summed E-state index contributed by atoms with van der Waals surface area (Å²) >= 11 is 6.02. The van der Waals surface area contributed by atoms with Crippen LogP contribution < -0.4 is 5.32 Å². The molecule has 0 heterocycles. The molecule has 0 unspecified atom stereocenters. The van der Waals surface area contributed by atoms with Gasteiger partial charge in [0.2, 0.25) is 0 Å². The molecular weight excluding hydrogens is 447 g/mol. The largest absolute Gasteiger partial charge is 0.454 e. The number of carbonyl (C=O) groups excluding carboxylic acids is 3. The lowest BCUT2D eigenvalue weighted by molar-refractivity contribution is -0.154. The average Bonchev–Trinajstić information content (AvgIpc) is 2.82. The molecule has 6 nitrogen and oxygen atoms in total. The normalized spacial score (nSPS) is 14.9. The standard InChI is InChI=1S/C25H28ClFN2O4/c1-17(28-24(31)21-9-5-6-10-22(21)26)25(32)33-16-23(30)29(20-7-3-2-4-8-20)15-18-11-13-19(27)14-12-18/h5-6,9-14,17,20H,2-4,7-8,15-16H2,1H3,(H,28,31)/t17-/m0/s1. The number of nitrogens with zero attached hydrogens (tertiary/aromatic N) is 1. The van der Waals surface area contributed by atoms with Crippen molar-refractivity contribution in [2.24, 2.45) is 0 Å². The summed E-state index contributed by atoms with van der Waals surface area (Å²) < 4.78 is 18.5. The maximum absolute atomic E-state index is 13.3. The van der Waals surface area contributed by atoms with E-state index in [4.69, 9.17) is 16.3 Å². The van der Waals surface area contributed by atoms with E-state index >= 15 is 0 Å². The Labute approximate surface area is 198 Å². The van der Waals surface area contributed by atoms with Crippen molar-refractivity contribution in [3.8, 4) is 0 Å². The fraction of sp³-hybridized carbons (Fsp3) is 0.400. The highest BCUT2D eigenvalue weighted by Gasteiger charge is 2.27. The molecule has 1 saturated carbocycles. The zero-order valence-corrected chi connectivity index (χ0v) is 19.3. The van der Waals surface area contributed by atoms with E-state index in [9.17, 15) is 18.8 Å². The van der Waals surface area contributed by atoms with Crippen molar-refractivity contribution in [2.75, 3.05) is 6.61 Å². The van der Waals surface area contributed by atoms with E-state index in [1.54, 1.807) is 41.3 Å². The zero-order valence-electron chi connectivity index (χ0n) is 18.6. The van der Waals surface area contributed by atoms with Crippen LogP contribution >= 0.6 is 11.6 Å². The molecule has 1 aliphatic rings. The van der Waals surface area contributed by atoms with Crippen molar-refractivity contribution in [1.82, 2.24) is 10.2 Å². The van der Waals surface area contributed by atoms with Gasteiger partial charge in [-0.05, 0) is 49.6 Å². The van der Waals surface area contributed by atoms with Gasteiger partial charge in [0.15, 0.2) is 6.61 Å². The topological polar surface area (TPSA) is 75.7 Å². The SMILES string of the molecule is C[C@H](NC(=O)c1ccccc1Cl)C(=O)OCC(=O)N(Cc1ccc(F)cc1)C1CCCCC1. The van der Waals surface area contributed by atoms with Crippen molar-refractivity contribution >= 4 is 29.4 Å². The summed E-state index contributed by atoms with van der Waals surface area (Å²) in [5.41, 5.74) is 1.06. The second-order valence-corrected chi connectivity index (χ2v) is 8.63. The second kappa shape index (κ2) is 11.8. The summed E-state index contributed by atoms with van der Waals surface area (Å²) in [5.74, 6) is -1.87. The minimum atomic E-state index is -0.957. The number of halogens is 2. The fourth-order valence-corrected chi connectivity index (χ4v) is 4.14. The molecule has 1 atom stereocenters. The van der Waals surface area contributed by atoms with Crippen molar-refractivity contribution in [1.29, 1.82) is 0 Å². The summed E-state index contributed by atoms with van der Waals surface area (Å²) in [7, 11) is 0. The number of benzene rings is 2. The Bertz CT molecular complexity index is 977. The molecule has 0 aliphatic heterocycles. The molecule has 2 amide bonds. The Morgan fingerprint density at radius 2 is 1.76 bits per heavy atom. The fourth-order valence-electron chi connectivity index (χ4n) is 3.92. The van der Waals surface area contributed by atoms with Crippen LogP contribution in [0.25, 0.3) is 0 Å². The first-order valence-corrected chi connectivity index (χ1v) is 11.5. The monoisotopic (exact) mass is 474 g/mol. The van der Waals surface area contributed by atoms with Crippen LogP contribution in [0.3, 0.4) is 0 Å². The van der Waals surface area contributed by atoms with E-state index < -0.39 is 24.5 Å². The Kier molecular flexibility index (Phi) is 8.83. The van der Waals surface area contributed by atoms with Crippen LogP contribution in [0.2, 0.25) is 5.02 Å². The van der Waals surface area contributed by atoms with Gasteiger partial charge in [-0.2, -0.15) is 0 Å². The van der Waals surface area contributed by atoms with E-state index in [1.807, 2.05) is 0 Å². The first-order chi connectivity index (χ1) is 15.8. The van der Waals surface area contributed by atoms with Gasteiger partial charge in [0, 0.05) is 12.6 Å². The smallest absolute Gasteiger partial charge is 0.328 e. The molecule has 2 aromatic carbocycles. The summed E-state index contributed by atoms with van der Waals surface area (Å²) in [4.78, 5) is 39.5. The number of hydrogen-bond acceptors (Lipinski definition) is 4. The van der Waals surface area contributed by atoms with E-state index in [-0.39, 0.29) is 28.4 Å². The number of nitrogens with one attached hydrogen (secondary N) is 1. The minimum Gasteiger partial charge on any atom is -0.454 e. The van der Waals surface area contributed by atoms with E-state index in [2.05, 4.69) is 5.32 Å². The maximum atomic E-state index is 13.3. The van der Waals surface area contributed by atoms with Gasteiger partial charge in [0.25, 0.3) is 11.8 Å². The van der Waals surface area contributed by atoms with Crippen LogP contribution in [0.1, 0.15) is 54.9 Å². The molecule has 0 radical (unpaired) electrons. The Morgan fingerprint density at radius 1 is 1.09 bits per heavy atom. The van der Waals surface area contributed by atoms with Gasteiger partial charge in [-0.3, -0.25) is 9.59 Å². The first kappa shape index (κ1) is 24.7. The summed E-state index contributed by atoms with van der Waals surface area (Å²) in [6.45, 7) is 1.38. The molecule has 1 fully saturated rings. The zero-order chi connectivity index (χ0) is 23.8. The van der Waals surface area contributed by atoms with Crippen LogP contribution in [-0.2, 0) is 20.9 Å². The highest BCUT2D eigenvalue weighted by molar-refractivity contribution is 6.33. The molecule has 0 spiro atoms. The molecule has 0 bridgehead atoms. The number of rotatable bonds is 8. The number of carbonyl (C=O) groups is 3. The van der Waals surface area contributed by atoms with Crippen molar-refractivity contribution in [2.45, 2.75) is 57.7 Å². The third kappa shape index (κ3) is 7.02. The summed E-state index contributed by atoms with van der Waals surface area (Å²) in [6, 6.07) is 11.6. The Balaban J connectivity index is 1.58. The first-order valence-electron chi connectivity index (χ1n) is 11.1. The quantitative estimate of drug-likeness (QED) is 0.571. The van der Waals surface area contributed by atoms with Gasteiger partial charge in [-0.1, -0.05) is 55.1 Å². The number of ether oxygens (including phenoxy) is 1. The van der Waals surface area contributed by atoms with Gasteiger partial charge >= 0.3 is 5.97 Å². The molecule has 1 aliphatic carbocycles. The maximum Gasteiger partial charge on any atom is 0.328 e. The third-order valence-corrected chi connectivity index (χ3v) is 6.09. The number of hydrogen-bond donors (Lipinski definition) is 1. The second-order valence-electron chi connectivity index (χ2n) is 8.22. The van der Waals surface area contributed by atoms with Gasteiger partial charge in [-0.15, -0.1) is 0 Å². The lowest BCUT2D eigenvalue weighted by atomic mass is 9.93. The minimum absolute atomic E-state index is 0.0485. The van der Waals surface area contributed by atoms with Crippen LogP contribution in [0.15, 0.2) is 48.5 Å². The molecule has 176 valence electrons. The predicted octanol–water partition coefficient (Wildman–Crippen LogP) is 4.50. The summed E-state index contributed by atoms with van der Waals surface area (Å²) in [5, 5.41) is 2.81. The van der Waals surface area contributed by atoms with Gasteiger partial charge in [0.05, 0.1) is 10.6 Å². The van der Waals surface area contributed by atoms with Crippen molar-refractivity contribution in [3.63, 3.8) is 0 Å². The summed E-state index contributed by atoms with van der Waals surface area (Å²) in [6.07, 6.45) is 4.95. The lowest BCUT2D eigenvalue weighted by Gasteiger charge is -2.34. The van der Waals surface area contributed by atoms with E-state index in [0.29, 0.717) is 6.54 Å². The van der Waals surface area contributed by atoms with Gasteiger partial charge < -0.3 is 15.0 Å². The van der Waals surface area contributed by atoms with Gasteiger partial charge in [0.1, 0.15) is 11.9 Å². The Hall–Kier alpha value is -2.93. The van der Waals surface area contributed by atoms with E-state index in [0.717, 1.165) is 37.7 Å². The molecule has 8 heteroatoms. The van der Waals surface area contributed by atoms with Crippen molar-refractivity contribution in [3.05, 3.63) is 70.5 Å². The Morgan fingerprint density at radius 3 is 2.42 bits per heavy atom. The molecular formula is C25H28ClFN2O4. The average molecular weight is 475 g/mol. The molecule has 33 heavy (non-hydrogen) atoms. The number of esters is 1. The molecule has 0 saturated heterocycles. The third-order valence-electron chi connectivity index (χ3n) is 5.76. The van der Waals surface area contributed by atoms with Gasteiger partial charge in [-0.25, -0.2) is 9.18 Å². The van der Waals surface area contributed by atoms with Crippen LogP contribution in [0, 0.1) is 5.82 Å². The van der Waals surface area contributed by atoms with Crippen LogP contribution in [-0.4, -0.2) is 41.4 Å². The highest BCUT2D eigenvalue weighted by atomic mass is 35.5.